The van der Waals surface area contributed by atoms with E-state index in [0.717, 1.165) is 12.8 Å². The SMILES string of the molecule is O=C(O)CC(=O)NC1CCCC1O. The van der Waals surface area contributed by atoms with Crippen molar-refractivity contribution in [2.24, 2.45) is 0 Å². The Morgan fingerprint density at radius 1 is 1.38 bits per heavy atom. The molecule has 0 bridgehead atoms. The van der Waals surface area contributed by atoms with Gasteiger partial charge in [0.2, 0.25) is 5.91 Å². The molecule has 0 heterocycles. The summed E-state index contributed by atoms with van der Waals surface area (Å²) < 4.78 is 0. The molecule has 5 nitrogen and oxygen atoms in total. The number of rotatable bonds is 3. The van der Waals surface area contributed by atoms with Crippen molar-refractivity contribution >= 4 is 11.9 Å². The third kappa shape index (κ3) is 3.02. The van der Waals surface area contributed by atoms with E-state index < -0.39 is 24.4 Å². The van der Waals surface area contributed by atoms with Crippen LogP contribution in [0.5, 0.6) is 0 Å². The van der Waals surface area contributed by atoms with E-state index in [1.165, 1.54) is 0 Å². The summed E-state index contributed by atoms with van der Waals surface area (Å²) in [6.07, 6.45) is 1.24. The number of carbonyl (C=O) groups excluding carboxylic acids is 1. The Kier molecular flexibility index (Phi) is 3.25. The van der Waals surface area contributed by atoms with Crippen molar-refractivity contribution in [2.45, 2.75) is 37.8 Å². The Bertz CT molecular complexity index is 216. The van der Waals surface area contributed by atoms with E-state index >= 15 is 0 Å². The molecule has 74 valence electrons. The van der Waals surface area contributed by atoms with Gasteiger partial charge < -0.3 is 15.5 Å². The second kappa shape index (κ2) is 4.23. The van der Waals surface area contributed by atoms with Crippen LogP contribution >= 0.6 is 0 Å². The van der Waals surface area contributed by atoms with Crippen LogP contribution in [0.4, 0.5) is 0 Å². The molecule has 3 N–H and O–H groups in total. The highest BCUT2D eigenvalue weighted by atomic mass is 16.4. The zero-order chi connectivity index (χ0) is 9.84. The molecule has 0 saturated heterocycles. The Labute approximate surface area is 75.7 Å². The Balaban J connectivity index is 2.31. The highest BCUT2D eigenvalue weighted by Crippen LogP contribution is 2.18. The average molecular weight is 187 g/mol. The lowest BCUT2D eigenvalue weighted by molar-refractivity contribution is -0.141. The molecule has 1 fully saturated rings. The number of nitrogens with one attached hydrogen (secondary N) is 1. The molecule has 1 rings (SSSR count). The first-order chi connectivity index (χ1) is 6.09. The first-order valence-corrected chi connectivity index (χ1v) is 4.29. The van der Waals surface area contributed by atoms with Gasteiger partial charge in [0.25, 0.3) is 0 Å². The number of hydrogen-bond acceptors (Lipinski definition) is 3. The summed E-state index contributed by atoms with van der Waals surface area (Å²) in [5.74, 6) is -1.68. The second-order valence-corrected chi connectivity index (χ2v) is 3.24. The molecular formula is C8H13NO4. The summed E-state index contributed by atoms with van der Waals surface area (Å²) in [5, 5.41) is 20.1. The van der Waals surface area contributed by atoms with Crippen LogP contribution in [0.25, 0.3) is 0 Å². The van der Waals surface area contributed by atoms with Gasteiger partial charge in [-0.3, -0.25) is 9.59 Å². The number of hydrogen-bond donors (Lipinski definition) is 3. The molecule has 1 amide bonds. The lowest BCUT2D eigenvalue weighted by atomic mass is 10.2. The minimum Gasteiger partial charge on any atom is -0.481 e. The fourth-order valence-corrected chi connectivity index (χ4v) is 1.50. The van der Waals surface area contributed by atoms with Crippen LogP contribution in [0, 0.1) is 0 Å². The van der Waals surface area contributed by atoms with Gasteiger partial charge in [-0.15, -0.1) is 0 Å². The summed E-state index contributed by atoms with van der Waals surface area (Å²) in [5.41, 5.74) is 0. The van der Waals surface area contributed by atoms with Gasteiger partial charge in [-0.05, 0) is 19.3 Å². The summed E-state index contributed by atoms with van der Waals surface area (Å²) in [7, 11) is 0. The van der Waals surface area contributed by atoms with E-state index in [9.17, 15) is 14.7 Å². The maximum absolute atomic E-state index is 11.0. The largest absolute Gasteiger partial charge is 0.481 e. The standard InChI is InChI=1S/C8H13NO4/c10-6-3-1-2-5(6)9-7(11)4-8(12)13/h5-6,10H,1-4H2,(H,9,11)(H,12,13). The van der Waals surface area contributed by atoms with Gasteiger partial charge in [-0.2, -0.15) is 0 Å². The lowest BCUT2D eigenvalue weighted by Crippen LogP contribution is -2.40. The number of carbonyl (C=O) groups is 2. The van der Waals surface area contributed by atoms with Gasteiger partial charge in [0.05, 0.1) is 12.1 Å². The molecule has 0 aromatic heterocycles. The quantitative estimate of drug-likeness (QED) is 0.519. The maximum Gasteiger partial charge on any atom is 0.312 e. The molecule has 2 unspecified atom stereocenters. The molecule has 5 heteroatoms. The molecule has 0 spiro atoms. The number of aliphatic carboxylic acids is 1. The van der Waals surface area contributed by atoms with Gasteiger partial charge in [0.15, 0.2) is 0 Å². The van der Waals surface area contributed by atoms with Crippen LogP contribution in [0.2, 0.25) is 0 Å². The molecule has 0 aliphatic heterocycles. The number of carboxylic acid groups (broad SMARTS) is 1. The zero-order valence-electron chi connectivity index (χ0n) is 7.19. The van der Waals surface area contributed by atoms with Crippen molar-refractivity contribution in [3.63, 3.8) is 0 Å². The molecule has 0 aromatic rings. The minimum atomic E-state index is -1.15. The Morgan fingerprint density at radius 3 is 2.54 bits per heavy atom. The highest BCUT2D eigenvalue weighted by Gasteiger charge is 2.26. The van der Waals surface area contributed by atoms with Crippen molar-refractivity contribution < 1.29 is 19.8 Å². The fourth-order valence-electron chi connectivity index (χ4n) is 1.50. The topological polar surface area (TPSA) is 86.6 Å². The zero-order valence-corrected chi connectivity index (χ0v) is 7.19. The summed E-state index contributed by atoms with van der Waals surface area (Å²) in [4.78, 5) is 21.1. The van der Waals surface area contributed by atoms with Crippen LogP contribution < -0.4 is 5.32 Å². The lowest BCUT2D eigenvalue weighted by Gasteiger charge is -2.15. The number of aliphatic hydroxyl groups excluding tert-OH is 1. The predicted octanol–water partition coefficient (Wildman–Crippen LogP) is -0.509. The summed E-state index contributed by atoms with van der Waals surface area (Å²) in [6, 6.07) is -0.258. The predicted molar refractivity (Wildman–Crippen MR) is 44.0 cm³/mol. The van der Waals surface area contributed by atoms with E-state index in [1.807, 2.05) is 0 Å². The highest BCUT2D eigenvalue weighted by molar-refractivity contribution is 5.93. The molecule has 1 saturated carbocycles. The smallest absolute Gasteiger partial charge is 0.312 e. The summed E-state index contributed by atoms with van der Waals surface area (Å²) >= 11 is 0. The van der Waals surface area contributed by atoms with E-state index in [2.05, 4.69) is 5.32 Å². The molecule has 13 heavy (non-hydrogen) atoms. The number of carboxylic acids is 1. The van der Waals surface area contributed by atoms with Gasteiger partial charge in [0, 0.05) is 0 Å². The maximum atomic E-state index is 11.0. The van der Waals surface area contributed by atoms with Gasteiger partial charge >= 0.3 is 5.97 Å². The fraction of sp³-hybridized carbons (Fsp3) is 0.750. The molecule has 2 atom stereocenters. The molecule has 0 radical (unpaired) electrons. The Morgan fingerprint density at radius 2 is 2.08 bits per heavy atom. The third-order valence-electron chi connectivity index (χ3n) is 2.14. The number of amides is 1. The third-order valence-corrected chi connectivity index (χ3v) is 2.14. The first-order valence-electron chi connectivity index (χ1n) is 4.29. The van der Waals surface area contributed by atoms with Crippen molar-refractivity contribution in [1.29, 1.82) is 0 Å². The monoisotopic (exact) mass is 187 g/mol. The molecule has 1 aliphatic rings. The van der Waals surface area contributed by atoms with Gasteiger partial charge in [0.1, 0.15) is 6.42 Å². The second-order valence-electron chi connectivity index (χ2n) is 3.24. The number of aliphatic hydroxyl groups is 1. The van der Waals surface area contributed by atoms with Crippen molar-refractivity contribution in [3.05, 3.63) is 0 Å². The van der Waals surface area contributed by atoms with E-state index in [4.69, 9.17) is 5.11 Å². The average Bonchev–Trinajstić information content (AvgIpc) is 2.34. The van der Waals surface area contributed by atoms with Gasteiger partial charge in [-0.1, -0.05) is 0 Å². The van der Waals surface area contributed by atoms with Crippen molar-refractivity contribution in [3.8, 4) is 0 Å². The van der Waals surface area contributed by atoms with Crippen molar-refractivity contribution in [1.82, 2.24) is 5.32 Å². The van der Waals surface area contributed by atoms with E-state index in [-0.39, 0.29) is 6.04 Å². The Hall–Kier alpha value is -1.10. The molecule has 1 aliphatic carbocycles. The van der Waals surface area contributed by atoms with Crippen LogP contribution in [0.1, 0.15) is 25.7 Å². The van der Waals surface area contributed by atoms with Gasteiger partial charge in [-0.25, -0.2) is 0 Å². The van der Waals surface area contributed by atoms with Crippen LogP contribution in [-0.4, -0.2) is 34.2 Å². The van der Waals surface area contributed by atoms with E-state index in [1.54, 1.807) is 0 Å². The van der Waals surface area contributed by atoms with E-state index in [0.29, 0.717) is 6.42 Å². The minimum absolute atomic E-state index is 0.258. The molecular weight excluding hydrogens is 174 g/mol. The normalized spacial score (nSPS) is 27.2. The molecule has 0 aromatic carbocycles. The first kappa shape index (κ1) is 9.98. The van der Waals surface area contributed by atoms with Crippen LogP contribution in [0.15, 0.2) is 0 Å². The van der Waals surface area contributed by atoms with Crippen LogP contribution in [0.3, 0.4) is 0 Å². The summed E-state index contributed by atoms with van der Waals surface area (Å²) in [6.45, 7) is 0. The van der Waals surface area contributed by atoms with Crippen LogP contribution in [-0.2, 0) is 9.59 Å². The van der Waals surface area contributed by atoms with Crippen molar-refractivity contribution in [2.75, 3.05) is 0 Å².